The van der Waals surface area contributed by atoms with Crippen molar-refractivity contribution < 1.29 is 32.7 Å². The number of alkyl halides is 3. The molecule has 6 rings (SSSR count). The lowest BCUT2D eigenvalue weighted by molar-refractivity contribution is -0.207. The lowest BCUT2D eigenvalue weighted by Gasteiger charge is -2.25. The number of benzene rings is 1. The summed E-state index contributed by atoms with van der Waals surface area (Å²) in [5.41, 5.74) is -0.930. The second-order valence-electron chi connectivity index (χ2n) is 12.0. The fourth-order valence-corrected chi connectivity index (χ4v) is 5.34. The summed E-state index contributed by atoms with van der Waals surface area (Å²) in [6.45, 7) is 0.337. The number of carbonyl (C=O) groups excluding carboxylic acids is 3. The van der Waals surface area contributed by atoms with Crippen molar-refractivity contribution in [1.29, 1.82) is 0 Å². The molecule has 0 radical (unpaired) electrons. The Morgan fingerprint density at radius 1 is 1.12 bits per heavy atom. The van der Waals surface area contributed by atoms with Crippen molar-refractivity contribution in [3.8, 4) is 17.1 Å². The average Bonchev–Trinajstić information content (AvgIpc) is 3.49. The Labute approximate surface area is 275 Å². The van der Waals surface area contributed by atoms with E-state index in [9.17, 15) is 37.5 Å². The van der Waals surface area contributed by atoms with E-state index in [1.807, 2.05) is 6.92 Å². The number of ketones is 1. The molecule has 0 unspecified atom stereocenters. The number of hydrogen-bond acceptors (Lipinski definition) is 9. The van der Waals surface area contributed by atoms with Gasteiger partial charge in [0.2, 0.25) is 5.82 Å². The van der Waals surface area contributed by atoms with Gasteiger partial charge in [-0.1, -0.05) is 11.6 Å². The molecule has 2 fully saturated rings. The average molecular weight is 688 g/mol. The lowest BCUT2D eigenvalue weighted by atomic mass is 10.1. The molecule has 18 heteroatoms. The number of aromatic nitrogens is 7. The van der Waals surface area contributed by atoms with Crippen LogP contribution in [0, 0.1) is 0 Å². The van der Waals surface area contributed by atoms with E-state index in [0.29, 0.717) is 22.4 Å². The molecule has 1 saturated carbocycles. The Balaban J connectivity index is 1.42. The number of nitrogens with zero attached hydrogens (tertiary/aromatic N) is 8. The third kappa shape index (κ3) is 6.87. The summed E-state index contributed by atoms with van der Waals surface area (Å²) in [5.74, 6) is -1.88. The number of amides is 2. The van der Waals surface area contributed by atoms with Crippen molar-refractivity contribution in [1.82, 2.24) is 44.3 Å². The fraction of sp³-hybridized carbons (Fsp3) is 0.400. The highest BCUT2D eigenvalue weighted by Crippen LogP contribution is 2.35. The van der Waals surface area contributed by atoms with E-state index >= 15 is 0 Å². The summed E-state index contributed by atoms with van der Waals surface area (Å²) in [5, 5.41) is 21.8. The Bertz CT molecular complexity index is 1950. The minimum absolute atomic E-state index is 0.0951. The van der Waals surface area contributed by atoms with Gasteiger partial charge < -0.3 is 15.3 Å². The second kappa shape index (κ2) is 12.6. The standard InChI is InChI=1S/C30H29ClF3N9O5/c1-29(9-10-29)37-26(46)20-8-11-35-13-21(20)43-25(27(47)40-12-2-3-19(44)14-40)36-23(38-43)16-42-28(48)41(15-22(45)30(32,33)34)24(39-42)17-4-6-18(31)7-5-17/h4-8,11,13,22,45H,2-3,9-10,12,14-16H2,1H3,(H,37,46)/t22-/m0/s1. The molecular weight excluding hydrogens is 659 g/mol. The number of halogens is 4. The van der Waals surface area contributed by atoms with Gasteiger partial charge in [0.05, 0.1) is 30.5 Å². The van der Waals surface area contributed by atoms with Crippen molar-refractivity contribution in [2.24, 2.45) is 0 Å². The van der Waals surface area contributed by atoms with Crippen LogP contribution in [0.25, 0.3) is 17.1 Å². The molecule has 0 bridgehead atoms. The zero-order valence-corrected chi connectivity index (χ0v) is 26.2. The molecule has 1 aliphatic heterocycles. The van der Waals surface area contributed by atoms with Crippen LogP contribution in [0.5, 0.6) is 0 Å². The van der Waals surface area contributed by atoms with E-state index in [0.717, 1.165) is 22.2 Å². The van der Waals surface area contributed by atoms with E-state index in [1.54, 1.807) is 0 Å². The van der Waals surface area contributed by atoms with E-state index in [4.69, 9.17) is 11.6 Å². The largest absolute Gasteiger partial charge is 0.416 e. The number of carbonyl (C=O) groups is 3. The minimum Gasteiger partial charge on any atom is -0.382 e. The third-order valence-corrected chi connectivity index (χ3v) is 8.37. The molecule has 1 aromatic carbocycles. The topological polar surface area (TPSA) is 170 Å². The molecule has 1 atom stereocenters. The van der Waals surface area contributed by atoms with Gasteiger partial charge in [-0.15, -0.1) is 10.2 Å². The van der Waals surface area contributed by atoms with Gasteiger partial charge in [0.15, 0.2) is 23.5 Å². The van der Waals surface area contributed by atoms with Crippen LogP contribution in [0.3, 0.4) is 0 Å². The minimum atomic E-state index is -5.02. The summed E-state index contributed by atoms with van der Waals surface area (Å²) in [4.78, 5) is 62.5. The molecule has 2 amide bonds. The number of hydrogen-bond donors (Lipinski definition) is 2. The number of pyridine rings is 1. The quantitative estimate of drug-likeness (QED) is 0.268. The van der Waals surface area contributed by atoms with Crippen molar-refractivity contribution in [2.75, 3.05) is 13.1 Å². The molecule has 4 heterocycles. The molecule has 4 aromatic rings. The normalized spacial score (nSPS) is 16.5. The monoisotopic (exact) mass is 687 g/mol. The highest BCUT2D eigenvalue weighted by atomic mass is 35.5. The van der Waals surface area contributed by atoms with Crippen LogP contribution in [0.4, 0.5) is 13.2 Å². The molecule has 48 heavy (non-hydrogen) atoms. The van der Waals surface area contributed by atoms with Crippen molar-refractivity contribution in [3.05, 3.63) is 75.4 Å². The van der Waals surface area contributed by atoms with Crippen LogP contribution < -0.4 is 11.0 Å². The van der Waals surface area contributed by atoms with Gasteiger partial charge in [-0.3, -0.25) is 23.9 Å². The maximum Gasteiger partial charge on any atom is 0.416 e. The van der Waals surface area contributed by atoms with Gasteiger partial charge in [0, 0.05) is 35.3 Å². The Kier molecular flexibility index (Phi) is 8.67. The van der Waals surface area contributed by atoms with Crippen LogP contribution in [0.15, 0.2) is 47.5 Å². The molecule has 2 N–H and O–H groups in total. The van der Waals surface area contributed by atoms with E-state index in [2.05, 4.69) is 25.5 Å². The van der Waals surface area contributed by atoms with Gasteiger partial charge in [-0.25, -0.2) is 19.1 Å². The Morgan fingerprint density at radius 2 is 1.85 bits per heavy atom. The smallest absolute Gasteiger partial charge is 0.382 e. The van der Waals surface area contributed by atoms with Gasteiger partial charge in [-0.05, 0) is 56.5 Å². The summed E-state index contributed by atoms with van der Waals surface area (Å²) in [6.07, 6.45) is -2.84. The molecule has 2 aliphatic rings. The van der Waals surface area contributed by atoms with Gasteiger partial charge >= 0.3 is 11.9 Å². The van der Waals surface area contributed by atoms with Gasteiger partial charge in [-0.2, -0.15) is 13.2 Å². The maximum absolute atomic E-state index is 13.8. The van der Waals surface area contributed by atoms with E-state index in [1.165, 1.54) is 47.6 Å². The number of aliphatic hydroxyl groups is 1. The van der Waals surface area contributed by atoms with Crippen molar-refractivity contribution in [2.45, 2.75) is 63.5 Å². The SMILES string of the molecule is CC1(NC(=O)c2ccncc2-n2nc(Cn3nc(-c4ccc(Cl)cc4)n(C[C@H](O)C(F)(F)F)c3=O)nc2C(=O)N2CCCC(=O)C2)CC1. The molecule has 1 saturated heterocycles. The Hall–Kier alpha value is -4.90. The maximum atomic E-state index is 13.8. The van der Waals surface area contributed by atoms with Crippen LogP contribution in [-0.4, -0.2) is 92.6 Å². The van der Waals surface area contributed by atoms with Crippen LogP contribution in [0.2, 0.25) is 5.02 Å². The third-order valence-electron chi connectivity index (χ3n) is 8.12. The highest BCUT2D eigenvalue weighted by molar-refractivity contribution is 6.30. The molecule has 1 aliphatic carbocycles. The molecular formula is C30H29ClF3N9O5. The number of nitrogens with one attached hydrogen (secondary N) is 1. The lowest BCUT2D eigenvalue weighted by Crippen LogP contribution is -2.41. The molecule has 0 spiro atoms. The molecule has 252 valence electrons. The molecule has 3 aromatic heterocycles. The Morgan fingerprint density at radius 3 is 2.52 bits per heavy atom. The summed E-state index contributed by atoms with van der Waals surface area (Å²) in [6, 6.07) is 7.27. The number of aliphatic hydroxyl groups excluding tert-OH is 1. The number of Topliss-reactive ketones (excluding diaryl/α,β-unsaturated/α-hetero) is 1. The van der Waals surface area contributed by atoms with E-state index in [-0.39, 0.29) is 58.7 Å². The van der Waals surface area contributed by atoms with E-state index < -0.39 is 42.9 Å². The van der Waals surface area contributed by atoms with Crippen LogP contribution in [0.1, 0.15) is 59.4 Å². The van der Waals surface area contributed by atoms with Crippen molar-refractivity contribution in [3.63, 3.8) is 0 Å². The second-order valence-corrected chi connectivity index (χ2v) is 12.4. The van der Waals surface area contributed by atoms with Crippen LogP contribution in [-0.2, 0) is 17.9 Å². The highest BCUT2D eigenvalue weighted by Gasteiger charge is 2.40. The fourth-order valence-electron chi connectivity index (χ4n) is 5.21. The predicted molar refractivity (Wildman–Crippen MR) is 163 cm³/mol. The number of piperidine rings is 1. The van der Waals surface area contributed by atoms with Crippen molar-refractivity contribution >= 4 is 29.2 Å². The zero-order valence-electron chi connectivity index (χ0n) is 25.4. The first-order chi connectivity index (χ1) is 22.7. The number of likely N-dealkylation sites (tertiary alicyclic amines) is 1. The predicted octanol–water partition coefficient (Wildman–Crippen LogP) is 2.40. The first kappa shape index (κ1) is 33.0. The summed E-state index contributed by atoms with van der Waals surface area (Å²) < 4.78 is 42.6. The van der Waals surface area contributed by atoms with Gasteiger partial charge in [0.25, 0.3) is 11.8 Å². The summed E-state index contributed by atoms with van der Waals surface area (Å²) >= 11 is 5.97. The van der Waals surface area contributed by atoms with Crippen LogP contribution >= 0.6 is 11.6 Å². The summed E-state index contributed by atoms with van der Waals surface area (Å²) in [7, 11) is 0. The first-order valence-corrected chi connectivity index (χ1v) is 15.3. The molecule has 14 nitrogen and oxygen atoms in total. The first-order valence-electron chi connectivity index (χ1n) is 14.9. The number of rotatable bonds is 9. The zero-order chi connectivity index (χ0) is 34.4. The van der Waals surface area contributed by atoms with Gasteiger partial charge in [0.1, 0.15) is 6.54 Å².